The molecule has 0 radical (unpaired) electrons. The van der Waals surface area contributed by atoms with Crippen LogP contribution in [0.15, 0.2) is 42.5 Å². The third kappa shape index (κ3) is 7.51. The summed E-state index contributed by atoms with van der Waals surface area (Å²) < 4.78 is 78.3. The second-order valence-corrected chi connectivity index (χ2v) is 10.3. The lowest BCUT2D eigenvalue weighted by molar-refractivity contribution is -0.139. The number of halogens is 6. The molecule has 0 unspecified atom stereocenters. The number of rotatable bonds is 7. The van der Waals surface area contributed by atoms with Crippen LogP contribution in [-0.2, 0) is 17.1 Å². The number of anilines is 3. The molecular weight excluding hydrogens is 542 g/mol. The molecule has 0 aromatic heterocycles. The van der Waals surface area contributed by atoms with Crippen LogP contribution in [0.5, 0.6) is 0 Å². The van der Waals surface area contributed by atoms with Gasteiger partial charge in [-0.3, -0.25) is 15.2 Å². The standard InChI is InChI=1S/C27H32F6N4O3/c28-26(29,30)19-2-5-22(6-3-19)35-13-9-18(10-14-35)1-8-25(38)36-15-11-20(12-16-36)34-21-4-7-24(37(39)40)23(17-21)27(31,32)33/h2-7,17-18,20,34,39-40H,1,8-16H2. The molecule has 1 amide bonds. The molecule has 0 atom stereocenters. The van der Waals surface area contributed by atoms with Gasteiger partial charge >= 0.3 is 12.4 Å². The van der Waals surface area contributed by atoms with Crippen molar-refractivity contribution < 1.29 is 41.6 Å². The predicted molar refractivity (Wildman–Crippen MR) is 136 cm³/mol. The Morgan fingerprint density at radius 1 is 0.875 bits per heavy atom. The van der Waals surface area contributed by atoms with Crippen molar-refractivity contribution in [2.24, 2.45) is 5.92 Å². The summed E-state index contributed by atoms with van der Waals surface area (Å²) in [6.07, 6.45) is -5.17. The lowest BCUT2D eigenvalue weighted by atomic mass is 9.91. The SMILES string of the molecule is O=C(CCC1CCN(c2ccc(C(F)(F)F)cc2)CC1)N1CCC(Nc2ccc(N(O)O)c(C(F)(F)F)c2)CC1. The van der Waals surface area contributed by atoms with E-state index in [4.69, 9.17) is 10.4 Å². The van der Waals surface area contributed by atoms with E-state index in [2.05, 4.69) is 10.2 Å². The number of carbonyl (C=O) groups excluding carboxylic acids is 1. The van der Waals surface area contributed by atoms with Crippen LogP contribution in [0.2, 0.25) is 0 Å². The first-order chi connectivity index (χ1) is 18.8. The van der Waals surface area contributed by atoms with Gasteiger partial charge in [0, 0.05) is 50.0 Å². The molecule has 2 aliphatic rings. The second kappa shape index (κ2) is 12.1. The zero-order valence-electron chi connectivity index (χ0n) is 21.7. The van der Waals surface area contributed by atoms with Gasteiger partial charge in [-0.1, -0.05) is 0 Å². The molecule has 4 rings (SSSR count). The Balaban J connectivity index is 1.19. The fourth-order valence-corrected chi connectivity index (χ4v) is 5.36. The Morgan fingerprint density at radius 3 is 2.05 bits per heavy atom. The monoisotopic (exact) mass is 574 g/mol. The fraction of sp³-hybridized carbons (Fsp3) is 0.519. The van der Waals surface area contributed by atoms with Gasteiger partial charge in [-0.25, -0.2) is 0 Å². The summed E-state index contributed by atoms with van der Waals surface area (Å²) in [5.41, 5.74) is -1.67. The number of amides is 1. The zero-order chi connectivity index (χ0) is 29.1. The van der Waals surface area contributed by atoms with E-state index in [-0.39, 0.29) is 17.6 Å². The first-order valence-corrected chi connectivity index (χ1v) is 13.2. The van der Waals surface area contributed by atoms with Gasteiger partial charge < -0.3 is 15.1 Å². The maximum Gasteiger partial charge on any atom is 0.418 e. The van der Waals surface area contributed by atoms with Gasteiger partial charge in [-0.15, -0.1) is 5.23 Å². The second-order valence-electron chi connectivity index (χ2n) is 10.3. The van der Waals surface area contributed by atoms with Crippen LogP contribution in [-0.4, -0.2) is 53.4 Å². The topological polar surface area (TPSA) is 79.3 Å². The summed E-state index contributed by atoms with van der Waals surface area (Å²) in [5.74, 6) is 0.395. The van der Waals surface area contributed by atoms with Crippen molar-refractivity contribution in [3.63, 3.8) is 0 Å². The number of piperidine rings is 2. The van der Waals surface area contributed by atoms with Gasteiger partial charge in [0.05, 0.1) is 11.1 Å². The smallest absolute Gasteiger partial charge is 0.382 e. The van der Waals surface area contributed by atoms with E-state index in [0.717, 1.165) is 49.2 Å². The number of nitrogens with zero attached hydrogens (tertiary/aromatic N) is 3. The summed E-state index contributed by atoms with van der Waals surface area (Å²) in [4.78, 5) is 16.6. The van der Waals surface area contributed by atoms with Crippen LogP contribution in [0, 0.1) is 5.92 Å². The Labute approximate surface area is 227 Å². The number of hydrogen-bond acceptors (Lipinski definition) is 6. The molecule has 2 aromatic carbocycles. The highest BCUT2D eigenvalue weighted by molar-refractivity contribution is 5.76. The molecule has 0 spiro atoms. The van der Waals surface area contributed by atoms with Gasteiger partial charge in [0.2, 0.25) is 5.91 Å². The minimum atomic E-state index is -4.77. The van der Waals surface area contributed by atoms with Crippen molar-refractivity contribution in [2.45, 2.75) is 56.9 Å². The maximum absolute atomic E-state index is 13.3. The largest absolute Gasteiger partial charge is 0.418 e. The Bertz CT molecular complexity index is 1140. The molecular formula is C27H32F6N4O3. The predicted octanol–water partition coefficient (Wildman–Crippen LogP) is 6.41. The van der Waals surface area contributed by atoms with Crippen molar-refractivity contribution in [3.8, 4) is 0 Å². The van der Waals surface area contributed by atoms with Crippen molar-refractivity contribution in [2.75, 3.05) is 41.6 Å². The van der Waals surface area contributed by atoms with E-state index in [1.165, 1.54) is 18.2 Å². The van der Waals surface area contributed by atoms with Crippen LogP contribution >= 0.6 is 0 Å². The highest BCUT2D eigenvalue weighted by Gasteiger charge is 2.36. The quantitative estimate of drug-likeness (QED) is 0.262. The van der Waals surface area contributed by atoms with Gasteiger partial charge in [0.15, 0.2) is 0 Å². The zero-order valence-corrected chi connectivity index (χ0v) is 21.7. The van der Waals surface area contributed by atoms with Gasteiger partial charge in [0.1, 0.15) is 5.69 Å². The Kier molecular flexibility index (Phi) is 9.03. The minimum Gasteiger partial charge on any atom is -0.382 e. The number of benzene rings is 2. The molecule has 13 heteroatoms. The van der Waals surface area contributed by atoms with Crippen molar-refractivity contribution >= 4 is 23.0 Å². The van der Waals surface area contributed by atoms with Gasteiger partial charge in [0.25, 0.3) is 0 Å². The van der Waals surface area contributed by atoms with Crippen LogP contribution in [0.1, 0.15) is 49.7 Å². The van der Waals surface area contributed by atoms with Crippen LogP contribution in [0.3, 0.4) is 0 Å². The molecule has 2 heterocycles. The molecule has 3 N–H and O–H groups in total. The van der Waals surface area contributed by atoms with E-state index < -0.39 is 34.4 Å². The normalized spacial score (nSPS) is 17.7. The van der Waals surface area contributed by atoms with Gasteiger partial charge in [-0.05, 0) is 80.5 Å². The number of nitrogens with one attached hydrogen (secondary N) is 1. The third-order valence-corrected chi connectivity index (χ3v) is 7.68. The molecule has 2 saturated heterocycles. The first-order valence-electron chi connectivity index (χ1n) is 13.2. The van der Waals surface area contributed by atoms with Crippen molar-refractivity contribution in [1.82, 2.24) is 4.90 Å². The van der Waals surface area contributed by atoms with Crippen LogP contribution < -0.4 is 15.4 Å². The lowest BCUT2D eigenvalue weighted by Gasteiger charge is -2.35. The first kappa shape index (κ1) is 29.8. The fourth-order valence-electron chi connectivity index (χ4n) is 5.36. The average molecular weight is 575 g/mol. The summed E-state index contributed by atoms with van der Waals surface area (Å²) in [5, 5.41) is 20.6. The highest BCUT2D eigenvalue weighted by Crippen LogP contribution is 2.38. The van der Waals surface area contributed by atoms with E-state index in [9.17, 15) is 31.1 Å². The molecule has 0 aliphatic carbocycles. The number of likely N-dealkylation sites (tertiary alicyclic amines) is 1. The number of carbonyl (C=O) groups is 1. The summed E-state index contributed by atoms with van der Waals surface area (Å²) in [7, 11) is 0. The van der Waals surface area contributed by atoms with Crippen LogP contribution in [0.25, 0.3) is 0 Å². The minimum absolute atomic E-state index is 0.0401. The third-order valence-electron chi connectivity index (χ3n) is 7.68. The molecule has 40 heavy (non-hydrogen) atoms. The average Bonchev–Trinajstić information content (AvgIpc) is 2.91. The number of alkyl halides is 6. The van der Waals surface area contributed by atoms with E-state index >= 15 is 0 Å². The van der Waals surface area contributed by atoms with Gasteiger partial charge in [-0.2, -0.15) is 26.3 Å². The molecule has 2 aliphatic heterocycles. The highest BCUT2D eigenvalue weighted by atomic mass is 19.4. The van der Waals surface area contributed by atoms with E-state index in [1.54, 1.807) is 4.90 Å². The lowest BCUT2D eigenvalue weighted by Crippen LogP contribution is -2.42. The van der Waals surface area contributed by atoms with E-state index in [1.807, 2.05) is 0 Å². The molecule has 7 nitrogen and oxygen atoms in total. The summed E-state index contributed by atoms with van der Waals surface area (Å²) in [6.45, 7) is 2.39. The van der Waals surface area contributed by atoms with Crippen LogP contribution in [0.4, 0.5) is 43.4 Å². The number of hydrogen-bond donors (Lipinski definition) is 3. The molecule has 2 aromatic rings. The Morgan fingerprint density at radius 2 is 1.50 bits per heavy atom. The summed E-state index contributed by atoms with van der Waals surface area (Å²) >= 11 is 0. The van der Waals surface area contributed by atoms with Crippen molar-refractivity contribution in [3.05, 3.63) is 53.6 Å². The Hall–Kier alpha value is -3.19. The maximum atomic E-state index is 13.3. The van der Waals surface area contributed by atoms with Crippen molar-refractivity contribution in [1.29, 1.82) is 0 Å². The molecule has 0 bridgehead atoms. The molecule has 220 valence electrons. The molecule has 0 saturated carbocycles. The van der Waals surface area contributed by atoms with E-state index in [0.29, 0.717) is 51.4 Å². The summed E-state index contributed by atoms with van der Waals surface area (Å²) in [6, 6.07) is 8.17. The molecule has 2 fully saturated rings.